The molecule has 0 rings (SSSR count). The second kappa shape index (κ2) is 51.5. The van der Waals surface area contributed by atoms with Crippen molar-refractivity contribution in [3.05, 3.63) is 12.7 Å². The molecule has 2 unspecified atom stereocenters. The van der Waals surface area contributed by atoms with Crippen molar-refractivity contribution < 1.29 is 91.2 Å². The zero-order valence-electron chi connectivity index (χ0n) is 34.0. The first-order valence-electron chi connectivity index (χ1n) is 19.3. The summed E-state index contributed by atoms with van der Waals surface area (Å²) < 4.78 is 79.8. The van der Waals surface area contributed by atoms with Crippen LogP contribution >= 0.6 is 0 Å². The molecule has 0 amide bonds. The molecule has 0 saturated heterocycles. The Kier molecular flexibility index (Phi) is 52.1. The quantitative estimate of drug-likeness (QED) is 0.0408. The number of hydrogen-bond donors (Lipinski definition) is 3. The molecule has 0 spiro atoms. The van der Waals surface area contributed by atoms with Crippen molar-refractivity contribution in [3.63, 3.8) is 0 Å². The minimum absolute atomic E-state index is 0.00667. The maximum atomic E-state index is 10.8. The van der Waals surface area contributed by atoms with E-state index in [1.54, 1.807) is 13.8 Å². The third-order valence-corrected chi connectivity index (χ3v) is 6.22. The lowest BCUT2D eigenvalue weighted by Gasteiger charge is -2.10. The fourth-order valence-electron chi connectivity index (χ4n) is 3.42. The Morgan fingerprint density at radius 1 is 0.446 bits per heavy atom. The van der Waals surface area contributed by atoms with E-state index >= 15 is 0 Å². The van der Waals surface area contributed by atoms with E-state index in [9.17, 15) is 4.79 Å². The molecule has 19 nitrogen and oxygen atoms in total. The summed E-state index contributed by atoms with van der Waals surface area (Å²) in [4.78, 5) is 10.8. The zero-order chi connectivity index (χ0) is 41.3. The van der Waals surface area contributed by atoms with Gasteiger partial charge in [0, 0.05) is 6.08 Å². The molecule has 0 aliphatic carbocycles. The van der Waals surface area contributed by atoms with Gasteiger partial charge in [0.2, 0.25) is 0 Å². The van der Waals surface area contributed by atoms with Crippen LogP contribution in [0.3, 0.4) is 0 Å². The van der Waals surface area contributed by atoms with Crippen LogP contribution in [0.25, 0.3) is 0 Å². The Morgan fingerprint density at radius 3 is 0.875 bits per heavy atom. The van der Waals surface area contributed by atoms with E-state index in [1.807, 2.05) is 0 Å². The van der Waals surface area contributed by atoms with Crippen LogP contribution in [0.15, 0.2) is 12.7 Å². The van der Waals surface area contributed by atoms with Gasteiger partial charge in [0.05, 0.1) is 204 Å². The van der Waals surface area contributed by atoms with Crippen LogP contribution in [0.5, 0.6) is 0 Å². The van der Waals surface area contributed by atoms with Crippen LogP contribution in [0, 0.1) is 0 Å². The highest BCUT2D eigenvalue weighted by Gasteiger charge is 2.01. The Bertz CT molecular complexity index is 753. The van der Waals surface area contributed by atoms with Gasteiger partial charge in [-0.2, -0.15) is 0 Å². The van der Waals surface area contributed by atoms with Gasteiger partial charge in [0.15, 0.2) is 0 Å². The molecule has 0 radical (unpaired) electrons. The van der Waals surface area contributed by atoms with E-state index in [4.69, 9.17) is 86.4 Å². The summed E-state index contributed by atoms with van der Waals surface area (Å²) in [5.41, 5.74) is 0. The number of esters is 1. The van der Waals surface area contributed by atoms with Crippen molar-refractivity contribution in [2.75, 3.05) is 198 Å². The largest absolute Gasteiger partial charge is 0.460 e. The lowest BCUT2D eigenvalue weighted by Crippen LogP contribution is -2.19. The van der Waals surface area contributed by atoms with E-state index in [2.05, 4.69) is 6.58 Å². The third kappa shape index (κ3) is 54.6. The Hall–Kier alpha value is -1.47. The second-order valence-electron chi connectivity index (χ2n) is 11.2. The molecular formula is C37H74O19. The number of ether oxygens (including phenoxy) is 15. The minimum Gasteiger partial charge on any atom is -0.460 e. The molecule has 19 heteroatoms. The zero-order valence-corrected chi connectivity index (χ0v) is 34.0. The van der Waals surface area contributed by atoms with Gasteiger partial charge in [0.1, 0.15) is 6.61 Å². The predicted molar refractivity (Wildman–Crippen MR) is 203 cm³/mol. The van der Waals surface area contributed by atoms with E-state index in [0.717, 1.165) is 6.08 Å². The van der Waals surface area contributed by atoms with E-state index in [0.29, 0.717) is 178 Å². The second-order valence-corrected chi connectivity index (χ2v) is 11.2. The number of carbonyl (C=O) groups excluding carboxylic acids is 1. The van der Waals surface area contributed by atoms with Crippen LogP contribution in [0.2, 0.25) is 0 Å². The van der Waals surface area contributed by atoms with Crippen molar-refractivity contribution >= 4 is 5.97 Å². The predicted octanol–water partition coefficient (Wildman–Crippen LogP) is -0.312. The fourth-order valence-corrected chi connectivity index (χ4v) is 3.42. The van der Waals surface area contributed by atoms with Crippen molar-refractivity contribution in [2.24, 2.45) is 0 Å². The standard InChI is InChI=1S/C31H60O16.C6H14O3/c1-2-31(33)47-30-29-46-28-27-45-26-25-44-24-23-43-22-21-42-20-19-41-18-17-40-16-15-39-14-13-38-12-11-37-10-9-36-8-7-35-6-5-34-4-3-32;1-5(8)4-9-6(2)3-7/h2,32H,1,3-30H2;5-8H,3-4H2,1-2H3. The molecule has 336 valence electrons. The summed E-state index contributed by atoms with van der Waals surface area (Å²) in [6.45, 7) is 19.5. The summed E-state index contributed by atoms with van der Waals surface area (Å²) in [6, 6.07) is 0. The van der Waals surface area contributed by atoms with Crippen molar-refractivity contribution in [3.8, 4) is 0 Å². The lowest BCUT2D eigenvalue weighted by molar-refractivity contribution is -0.139. The van der Waals surface area contributed by atoms with Gasteiger partial charge >= 0.3 is 5.97 Å². The molecule has 0 aromatic rings. The van der Waals surface area contributed by atoms with Gasteiger partial charge in [-0.15, -0.1) is 0 Å². The normalized spacial score (nSPS) is 12.3. The first-order valence-corrected chi connectivity index (χ1v) is 19.3. The summed E-state index contributed by atoms with van der Waals surface area (Å²) >= 11 is 0. The smallest absolute Gasteiger partial charge is 0.330 e. The van der Waals surface area contributed by atoms with Gasteiger partial charge in [-0.25, -0.2) is 4.79 Å². The van der Waals surface area contributed by atoms with Crippen LogP contribution < -0.4 is 0 Å². The molecule has 0 aromatic carbocycles. The van der Waals surface area contributed by atoms with Crippen molar-refractivity contribution in [1.29, 1.82) is 0 Å². The molecule has 0 aromatic heterocycles. The molecule has 0 bridgehead atoms. The van der Waals surface area contributed by atoms with Gasteiger partial charge < -0.3 is 86.4 Å². The fraction of sp³-hybridized carbons (Fsp3) is 0.919. The maximum Gasteiger partial charge on any atom is 0.330 e. The molecule has 3 N–H and O–H groups in total. The summed E-state index contributed by atoms with van der Waals surface area (Å²) in [5, 5.41) is 25.7. The minimum atomic E-state index is -0.462. The molecule has 2 atom stereocenters. The SMILES string of the molecule is C=CC(=O)OCCOCCOCCOCCOCCOCCOCCOCCOCCOCCOCCOCCOCCOCCO.CC(O)COC(C)CO. The van der Waals surface area contributed by atoms with E-state index < -0.39 is 12.1 Å². The average molecular weight is 823 g/mol. The molecule has 0 heterocycles. The van der Waals surface area contributed by atoms with E-state index in [-0.39, 0.29) is 25.9 Å². The highest BCUT2D eigenvalue weighted by Crippen LogP contribution is 1.91. The van der Waals surface area contributed by atoms with Crippen molar-refractivity contribution in [1.82, 2.24) is 0 Å². The average Bonchev–Trinajstić information content (AvgIpc) is 3.20. The van der Waals surface area contributed by atoms with E-state index in [1.165, 1.54) is 0 Å². The van der Waals surface area contributed by atoms with Gasteiger partial charge in [-0.1, -0.05) is 6.58 Å². The molecule has 0 fully saturated rings. The van der Waals surface area contributed by atoms with Gasteiger partial charge in [-0.05, 0) is 13.8 Å². The van der Waals surface area contributed by atoms with Crippen LogP contribution in [0.4, 0.5) is 0 Å². The van der Waals surface area contributed by atoms with Crippen molar-refractivity contribution in [2.45, 2.75) is 26.1 Å². The Labute approximate surface area is 333 Å². The first kappa shape index (κ1) is 56.6. The van der Waals surface area contributed by atoms with Crippen LogP contribution in [-0.2, 0) is 75.8 Å². The summed E-state index contributed by atoms with van der Waals surface area (Å²) in [6.07, 6.45) is 0.499. The topological polar surface area (TPSA) is 216 Å². The maximum absolute atomic E-state index is 10.8. The first-order chi connectivity index (χ1) is 27.5. The van der Waals surface area contributed by atoms with Crippen LogP contribution in [0.1, 0.15) is 13.8 Å². The number of carbonyl (C=O) groups is 1. The summed E-state index contributed by atoms with van der Waals surface area (Å²) in [5.74, 6) is -0.462. The lowest BCUT2D eigenvalue weighted by atomic mass is 10.4. The number of aliphatic hydroxyl groups is 3. The van der Waals surface area contributed by atoms with Gasteiger partial charge in [0.25, 0.3) is 0 Å². The summed E-state index contributed by atoms with van der Waals surface area (Å²) in [7, 11) is 0. The molecule has 56 heavy (non-hydrogen) atoms. The molecule has 0 aliphatic heterocycles. The monoisotopic (exact) mass is 822 g/mol. The third-order valence-electron chi connectivity index (χ3n) is 6.22. The van der Waals surface area contributed by atoms with Crippen LogP contribution in [-0.4, -0.2) is 232 Å². The Balaban J connectivity index is 0. The highest BCUT2D eigenvalue weighted by atomic mass is 16.6. The Morgan fingerprint density at radius 2 is 0.679 bits per heavy atom. The highest BCUT2D eigenvalue weighted by molar-refractivity contribution is 5.81. The number of hydrogen-bond acceptors (Lipinski definition) is 19. The molecule has 0 aliphatic rings. The number of rotatable bonds is 46. The molecule has 0 saturated carbocycles. The van der Waals surface area contributed by atoms with Gasteiger partial charge in [-0.3, -0.25) is 0 Å². The molecular weight excluding hydrogens is 748 g/mol. The number of aliphatic hydroxyl groups excluding tert-OH is 3.